The summed E-state index contributed by atoms with van der Waals surface area (Å²) >= 11 is 0. The van der Waals surface area contributed by atoms with E-state index < -0.39 is 6.10 Å². The second-order valence-electron chi connectivity index (χ2n) is 5.14. The number of carbonyl (C=O) groups excluding carboxylic acids is 1. The van der Waals surface area contributed by atoms with Crippen molar-refractivity contribution < 1.29 is 14.3 Å². The normalized spacial score (nSPS) is 18.8. The number of fused-ring (bicyclic) bond motifs is 1. The molecule has 2 aromatic carbocycles. The monoisotopic (exact) mass is 294 g/mol. The number of hydrogen-bond acceptors (Lipinski definition) is 5. The Kier molecular flexibility index (Phi) is 2.79. The van der Waals surface area contributed by atoms with E-state index in [0.29, 0.717) is 11.6 Å². The standard InChI is InChI=1S/C17H14N2O3/c1-21-11-8-6-10(7-9-11)16-15(20)14-17(22-16)19-13-5-3-2-4-12(13)18-14/h2-9,16,18-19H,1H3. The first-order valence-electron chi connectivity index (χ1n) is 6.98. The molecular weight excluding hydrogens is 280 g/mol. The number of methoxy groups -OCH3 is 1. The molecule has 0 spiro atoms. The number of benzene rings is 2. The van der Waals surface area contributed by atoms with Crippen LogP contribution in [-0.2, 0) is 9.53 Å². The third-order valence-corrected chi connectivity index (χ3v) is 3.80. The summed E-state index contributed by atoms with van der Waals surface area (Å²) in [6, 6.07) is 15.0. The number of hydrogen-bond donors (Lipinski definition) is 2. The van der Waals surface area contributed by atoms with E-state index in [-0.39, 0.29) is 5.78 Å². The zero-order valence-corrected chi connectivity index (χ0v) is 11.9. The molecular formula is C17H14N2O3. The number of anilines is 2. The van der Waals surface area contributed by atoms with Crippen LogP contribution in [0.1, 0.15) is 11.7 Å². The van der Waals surface area contributed by atoms with Gasteiger partial charge in [-0.15, -0.1) is 0 Å². The zero-order chi connectivity index (χ0) is 15.1. The van der Waals surface area contributed by atoms with Gasteiger partial charge in [-0.2, -0.15) is 0 Å². The van der Waals surface area contributed by atoms with Gasteiger partial charge in [-0.05, 0) is 24.3 Å². The topological polar surface area (TPSA) is 59.6 Å². The molecule has 5 nitrogen and oxygen atoms in total. The van der Waals surface area contributed by atoms with Crippen LogP contribution in [0.15, 0.2) is 60.1 Å². The summed E-state index contributed by atoms with van der Waals surface area (Å²) in [5.41, 5.74) is 3.03. The molecule has 2 aromatic rings. The number of rotatable bonds is 2. The van der Waals surface area contributed by atoms with Gasteiger partial charge in [-0.25, -0.2) is 0 Å². The van der Waals surface area contributed by atoms with Crippen molar-refractivity contribution in [3.8, 4) is 5.75 Å². The fourth-order valence-corrected chi connectivity index (χ4v) is 2.64. The Bertz CT molecular complexity index is 781. The smallest absolute Gasteiger partial charge is 0.229 e. The van der Waals surface area contributed by atoms with Crippen molar-refractivity contribution in [1.82, 2.24) is 0 Å². The fraction of sp³-hybridized carbons (Fsp3) is 0.118. The van der Waals surface area contributed by atoms with E-state index in [1.54, 1.807) is 7.11 Å². The maximum Gasteiger partial charge on any atom is 0.229 e. The third kappa shape index (κ3) is 1.90. The molecule has 0 aliphatic carbocycles. The van der Waals surface area contributed by atoms with E-state index in [4.69, 9.17) is 9.47 Å². The molecule has 2 heterocycles. The summed E-state index contributed by atoms with van der Waals surface area (Å²) in [7, 11) is 1.61. The molecule has 0 fully saturated rings. The van der Waals surface area contributed by atoms with Crippen molar-refractivity contribution in [3.05, 3.63) is 65.7 Å². The Hall–Kier alpha value is -2.95. The van der Waals surface area contributed by atoms with Crippen LogP contribution in [0.2, 0.25) is 0 Å². The van der Waals surface area contributed by atoms with Crippen LogP contribution in [0.25, 0.3) is 0 Å². The van der Waals surface area contributed by atoms with Gasteiger partial charge in [0.2, 0.25) is 11.7 Å². The Labute approximate surface area is 127 Å². The first kappa shape index (κ1) is 12.8. The van der Waals surface area contributed by atoms with Crippen LogP contribution in [-0.4, -0.2) is 12.9 Å². The van der Waals surface area contributed by atoms with E-state index in [0.717, 1.165) is 22.7 Å². The van der Waals surface area contributed by atoms with Crippen LogP contribution in [0.4, 0.5) is 11.4 Å². The highest BCUT2D eigenvalue weighted by Gasteiger charge is 2.39. The van der Waals surface area contributed by atoms with Gasteiger partial charge in [0.1, 0.15) is 11.4 Å². The second-order valence-corrected chi connectivity index (χ2v) is 5.14. The SMILES string of the molecule is COc1ccc(C2OC3=C(Nc4ccccc4N3)C2=O)cc1. The van der Waals surface area contributed by atoms with Gasteiger partial charge in [0, 0.05) is 5.56 Å². The van der Waals surface area contributed by atoms with E-state index in [2.05, 4.69) is 10.6 Å². The Morgan fingerprint density at radius 3 is 2.36 bits per heavy atom. The van der Waals surface area contributed by atoms with E-state index in [9.17, 15) is 4.79 Å². The fourth-order valence-electron chi connectivity index (χ4n) is 2.64. The van der Waals surface area contributed by atoms with Crippen molar-refractivity contribution in [2.75, 3.05) is 17.7 Å². The molecule has 0 saturated carbocycles. The summed E-state index contributed by atoms with van der Waals surface area (Å²) in [4.78, 5) is 12.6. The largest absolute Gasteiger partial charge is 0.497 e. The van der Waals surface area contributed by atoms with Crippen LogP contribution in [0.5, 0.6) is 5.75 Å². The molecule has 2 N–H and O–H groups in total. The molecule has 1 unspecified atom stereocenters. The number of nitrogens with one attached hydrogen (secondary N) is 2. The van der Waals surface area contributed by atoms with Gasteiger partial charge in [0.25, 0.3) is 0 Å². The molecule has 4 rings (SSSR count). The second kappa shape index (κ2) is 4.80. The Morgan fingerprint density at radius 1 is 1.00 bits per heavy atom. The van der Waals surface area contributed by atoms with E-state index in [1.807, 2.05) is 48.5 Å². The highest BCUT2D eigenvalue weighted by Crippen LogP contribution is 2.39. The lowest BCUT2D eigenvalue weighted by atomic mass is 10.0. The summed E-state index contributed by atoms with van der Waals surface area (Å²) in [5.74, 6) is 1.14. The van der Waals surface area contributed by atoms with Gasteiger partial charge >= 0.3 is 0 Å². The van der Waals surface area contributed by atoms with Gasteiger partial charge in [-0.1, -0.05) is 24.3 Å². The predicted octanol–water partition coefficient (Wildman–Crippen LogP) is 3.04. The molecule has 0 aromatic heterocycles. The summed E-state index contributed by atoms with van der Waals surface area (Å²) < 4.78 is 10.9. The number of Topliss-reactive ketones (excluding diaryl/α,β-unsaturated/α-hetero) is 1. The molecule has 110 valence electrons. The number of para-hydroxylation sites is 2. The molecule has 0 saturated heterocycles. The molecule has 0 amide bonds. The number of ketones is 1. The molecule has 2 aliphatic rings. The van der Waals surface area contributed by atoms with Crippen molar-refractivity contribution >= 4 is 17.2 Å². The van der Waals surface area contributed by atoms with Gasteiger partial charge < -0.3 is 20.1 Å². The Balaban J connectivity index is 1.62. The summed E-state index contributed by atoms with van der Waals surface area (Å²) in [6.07, 6.45) is -0.634. The molecule has 2 aliphatic heterocycles. The quantitative estimate of drug-likeness (QED) is 0.891. The minimum absolute atomic E-state index is 0.0813. The third-order valence-electron chi connectivity index (χ3n) is 3.80. The first-order chi connectivity index (χ1) is 10.8. The average molecular weight is 294 g/mol. The Morgan fingerprint density at radius 2 is 1.68 bits per heavy atom. The highest BCUT2D eigenvalue weighted by molar-refractivity contribution is 6.06. The number of carbonyl (C=O) groups is 1. The van der Waals surface area contributed by atoms with Crippen LogP contribution in [0, 0.1) is 0 Å². The van der Waals surface area contributed by atoms with Gasteiger partial charge in [-0.3, -0.25) is 4.79 Å². The highest BCUT2D eigenvalue weighted by atomic mass is 16.5. The van der Waals surface area contributed by atoms with Crippen molar-refractivity contribution in [3.63, 3.8) is 0 Å². The summed E-state index contributed by atoms with van der Waals surface area (Å²) in [5, 5.41) is 6.31. The van der Waals surface area contributed by atoms with Gasteiger partial charge in [0.05, 0.1) is 18.5 Å². The van der Waals surface area contributed by atoms with Crippen molar-refractivity contribution in [1.29, 1.82) is 0 Å². The lowest BCUT2D eigenvalue weighted by Gasteiger charge is -2.19. The zero-order valence-electron chi connectivity index (χ0n) is 11.9. The molecule has 0 radical (unpaired) electrons. The maximum absolute atomic E-state index is 12.6. The summed E-state index contributed by atoms with van der Waals surface area (Å²) in [6.45, 7) is 0. The lowest BCUT2D eigenvalue weighted by molar-refractivity contribution is -0.121. The maximum atomic E-state index is 12.6. The van der Waals surface area contributed by atoms with Crippen LogP contribution >= 0.6 is 0 Å². The first-order valence-corrected chi connectivity index (χ1v) is 6.98. The van der Waals surface area contributed by atoms with Crippen LogP contribution < -0.4 is 15.4 Å². The van der Waals surface area contributed by atoms with Gasteiger partial charge in [0.15, 0.2) is 6.10 Å². The minimum Gasteiger partial charge on any atom is -0.497 e. The lowest BCUT2D eigenvalue weighted by Crippen LogP contribution is -2.17. The molecule has 1 atom stereocenters. The number of ether oxygens (including phenoxy) is 2. The minimum atomic E-state index is -0.634. The van der Waals surface area contributed by atoms with Crippen molar-refractivity contribution in [2.24, 2.45) is 0 Å². The molecule has 22 heavy (non-hydrogen) atoms. The van der Waals surface area contributed by atoms with Crippen molar-refractivity contribution in [2.45, 2.75) is 6.10 Å². The molecule has 0 bridgehead atoms. The van der Waals surface area contributed by atoms with E-state index in [1.165, 1.54) is 0 Å². The van der Waals surface area contributed by atoms with Crippen LogP contribution in [0.3, 0.4) is 0 Å². The molecule has 5 heteroatoms. The predicted molar refractivity (Wildman–Crippen MR) is 82.5 cm³/mol. The average Bonchev–Trinajstić information content (AvgIpc) is 2.89. The van der Waals surface area contributed by atoms with E-state index >= 15 is 0 Å².